The number of sulfonamides is 1. The van der Waals surface area contributed by atoms with Crippen molar-refractivity contribution in [1.82, 2.24) is 9.29 Å². The van der Waals surface area contributed by atoms with Crippen molar-refractivity contribution in [1.29, 1.82) is 0 Å². The highest BCUT2D eigenvalue weighted by atomic mass is 35.5. The topological polar surface area (TPSA) is 105 Å². The minimum atomic E-state index is -3.20. The summed E-state index contributed by atoms with van der Waals surface area (Å²) in [5.74, 6) is -0.182. The molecule has 1 saturated heterocycles. The van der Waals surface area contributed by atoms with E-state index in [1.807, 2.05) is 0 Å². The summed E-state index contributed by atoms with van der Waals surface area (Å²) in [6.45, 7) is 0.896. The molecule has 0 radical (unpaired) electrons. The molecule has 2 rings (SSSR count). The van der Waals surface area contributed by atoms with Crippen LogP contribution in [-0.2, 0) is 10.0 Å². The number of halogens is 1. The molecule has 116 valence electrons. The maximum atomic E-state index is 11.6. The number of rotatable bonds is 4. The summed E-state index contributed by atoms with van der Waals surface area (Å²) in [6.07, 6.45) is 4.12. The van der Waals surface area contributed by atoms with Crippen molar-refractivity contribution >= 4 is 33.3 Å². The Hall–Kier alpha value is -1.38. The number of piperidine rings is 1. The van der Waals surface area contributed by atoms with E-state index in [0.29, 0.717) is 18.9 Å². The Morgan fingerprint density at radius 1 is 1.57 bits per heavy atom. The lowest BCUT2D eigenvalue weighted by Gasteiger charge is -2.31. The molecule has 0 bridgehead atoms. The van der Waals surface area contributed by atoms with Crippen LogP contribution in [0.15, 0.2) is 12.3 Å². The Balaban J connectivity index is 2.09. The van der Waals surface area contributed by atoms with Crippen LogP contribution >= 0.6 is 11.6 Å². The molecular weight excluding hydrogens is 316 g/mol. The van der Waals surface area contributed by atoms with Gasteiger partial charge in [0.15, 0.2) is 0 Å². The van der Waals surface area contributed by atoms with Crippen molar-refractivity contribution in [2.75, 3.05) is 24.7 Å². The Labute approximate surface area is 128 Å². The average molecular weight is 333 g/mol. The third-order valence-electron chi connectivity index (χ3n) is 3.32. The second-order valence-electron chi connectivity index (χ2n) is 5.02. The zero-order chi connectivity index (χ0) is 15.6. The number of aromatic nitrogens is 1. The van der Waals surface area contributed by atoms with Gasteiger partial charge in [-0.3, -0.25) is 4.79 Å². The molecule has 0 spiro atoms. The van der Waals surface area contributed by atoms with Crippen LogP contribution in [0.1, 0.15) is 23.2 Å². The number of amides is 1. The SMILES string of the molecule is CS(=O)(=O)N1CCC[C@@H](Nc2ncc(C(N)=O)cc2Cl)C1. The second kappa shape index (κ2) is 6.17. The lowest BCUT2D eigenvalue weighted by atomic mass is 10.1. The van der Waals surface area contributed by atoms with Gasteiger partial charge >= 0.3 is 0 Å². The van der Waals surface area contributed by atoms with Crippen LogP contribution in [0, 0.1) is 0 Å². The van der Waals surface area contributed by atoms with Gasteiger partial charge in [0, 0.05) is 25.3 Å². The fourth-order valence-corrected chi connectivity index (χ4v) is 3.37. The minimum absolute atomic E-state index is 0.0714. The third-order valence-corrected chi connectivity index (χ3v) is 4.88. The van der Waals surface area contributed by atoms with Crippen molar-refractivity contribution in [3.63, 3.8) is 0 Å². The van der Waals surface area contributed by atoms with E-state index in [1.54, 1.807) is 0 Å². The quantitative estimate of drug-likeness (QED) is 0.843. The first-order valence-corrected chi connectivity index (χ1v) is 8.67. The van der Waals surface area contributed by atoms with E-state index < -0.39 is 15.9 Å². The van der Waals surface area contributed by atoms with Gasteiger partial charge in [0.1, 0.15) is 5.82 Å². The summed E-state index contributed by atoms with van der Waals surface area (Å²) < 4.78 is 24.6. The smallest absolute Gasteiger partial charge is 0.250 e. The molecule has 0 aromatic carbocycles. The van der Waals surface area contributed by atoms with Crippen molar-refractivity contribution in [2.24, 2.45) is 5.73 Å². The standard InChI is InChI=1S/C12H17ClN4O3S/c1-21(19,20)17-4-2-3-9(7-17)16-12-10(13)5-8(6-15-12)11(14)18/h5-6,9H,2-4,7H2,1H3,(H2,14,18)(H,15,16)/t9-/m1/s1. The van der Waals surface area contributed by atoms with Crippen LogP contribution in [0.3, 0.4) is 0 Å². The van der Waals surface area contributed by atoms with Gasteiger partial charge in [0.05, 0.1) is 16.8 Å². The maximum absolute atomic E-state index is 11.6. The molecule has 7 nitrogen and oxygen atoms in total. The number of carbonyl (C=O) groups excluding carboxylic acids is 1. The van der Waals surface area contributed by atoms with Crippen LogP contribution in [0.2, 0.25) is 5.02 Å². The lowest BCUT2D eigenvalue weighted by molar-refractivity contribution is 0.1000. The van der Waals surface area contributed by atoms with E-state index in [1.165, 1.54) is 22.8 Å². The molecule has 1 amide bonds. The fourth-order valence-electron chi connectivity index (χ4n) is 2.23. The Kier molecular flexibility index (Phi) is 4.70. The summed E-state index contributed by atoms with van der Waals surface area (Å²) in [6, 6.07) is 1.37. The highest BCUT2D eigenvalue weighted by Gasteiger charge is 2.26. The molecule has 9 heteroatoms. The highest BCUT2D eigenvalue weighted by Crippen LogP contribution is 2.23. The fraction of sp³-hybridized carbons (Fsp3) is 0.500. The molecule has 1 aromatic heterocycles. The minimum Gasteiger partial charge on any atom is -0.366 e. The first-order valence-electron chi connectivity index (χ1n) is 6.44. The zero-order valence-electron chi connectivity index (χ0n) is 11.5. The molecule has 1 fully saturated rings. The van der Waals surface area contributed by atoms with Crippen LogP contribution in [0.25, 0.3) is 0 Å². The van der Waals surface area contributed by atoms with Gasteiger partial charge in [0.25, 0.3) is 0 Å². The second-order valence-corrected chi connectivity index (χ2v) is 7.41. The van der Waals surface area contributed by atoms with Gasteiger partial charge in [0.2, 0.25) is 15.9 Å². The highest BCUT2D eigenvalue weighted by molar-refractivity contribution is 7.88. The summed E-state index contributed by atoms with van der Waals surface area (Å²) in [4.78, 5) is 15.1. The summed E-state index contributed by atoms with van der Waals surface area (Å²) in [5, 5.41) is 3.40. The summed E-state index contributed by atoms with van der Waals surface area (Å²) in [7, 11) is -3.20. The number of nitrogens with zero attached hydrogens (tertiary/aromatic N) is 2. The molecule has 2 heterocycles. The van der Waals surface area contributed by atoms with E-state index in [-0.39, 0.29) is 16.6 Å². The van der Waals surface area contributed by atoms with Gasteiger partial charge in [-0.2, -0.15) is 0 Å². The maximum Gasteiger partial charge on any atom is 0.250 e. The summed E-state index contributed by atoms with van der Waals surface area (Å²) in [5.41, 5.74) is 5.38. The van der Waals surface area contributed by atoms with E-state index in [0.717, 1.165) is 12.8 Å². The largest absolute Gasteiger partial charge is 0.366 e. The van der Waals surface area contributed by atoms with E-state index in [2.05, 4.69) is 10.3 Å². The predicted octanol–water partition coefficient (Wildman–Crippen LogP) is 0.670. The van der Waals surface area contributed by atoms with Crippen molar-refractivity contribution in [3.8, 4) is 0 Å². The molecule has 1 atom stereocenters. The average Bonchev–Trinajstić information content (AvgIpc) is 2.40. The van der Waals surface area contributed by atoms with Gasteiger partial charge in [-0.05, 0) is 18.9 Å². The number of carbonyl (C=O) groups is 1. The molecule has 0 aliphatic carbocycles. The molecule has 21 heavy (non-hydrogen) atoms. The monoisotopic (exact) mass is 332 g/mol. The normalized spacial score (nSPS) is 20.2. The van der Waals surface area contributed by atoms with E-state index in [4.69, 9.17) is 17.3 Å². The van der Waals surface area contributed by atoms with Crippen LogP contribution in [0.5, 0.6) is 0 Å². The van der Waals surface area contributed by atoms with Crippen molar-refractivity contribution < 1.29 is 13.2 Å². The molecule has 1 aliphatic heterocycles. The number of anilines is 1. The van der Waals surface area contributed by atoms with Gasteiger partial charge < -0.3 is 11.1 Å². The number of hydrogen-bond donors (Lipinski definition) is 2. The number of pyridine rings is 1. The van der Waals surface area contributed by atoms with Gasteiger partial charge in [-0.15, -0.1) is 0 Å². The van der Waals surface area contributed by atoms with Crippen LogP contribution < -0.4 is 11.1 Å². The van der Waals surface area contributed by atoms with E-state index >= 15 is 0 Å². The van der Waals surface area contributed by atoms with Crippen molar-refractivity contribution in [3.05, 3.63) is 22.8 Å². The Morgan fingerprint density at radius 3 is 2.86 bits per heavy atom. The Bertz CT molecular complexity index is 650. The number of nitrogens with two attached hydrogens (primary N) is 1. The molecule has 1 aliphatic rings. The van der Waals surface area contributed by atoms with Gasteiger partial charge in [-0.1, -0.05) is 11.6 Å². The summed E-state index contributed by atoms with van der Waals surface area (Å²) >= 11 is 6.05. The van der Waals surface area contributed by atoms with Crippen LogP contribution in [-0.4, -0.2) is 49.0 Å². The molecule has 0 saturated carbocycles. The number of hydrogen-bond acceptors (Lipinski definition) is 5. The first-order chi connectivity index (χ1) is 9.77. The molecule has 3 N–H and O–H groups in total. The number of primary amides is 1. The number of nitrogens with one attached hydrogen (secondary N) is 1. The van der Waals surface area contributed by atoms with Crippen LogP contribution in [0.4, 0.5) is 5.82 Å². The first kappa shape index (κ1) is 16.0. The predicted molar refractivity (Wildman–Crippen MR) is 80.8 cm³/mol. The third kappa shape index (κ3) is 4.05. The zero-order valence-corrected chi connectivity index (χ0v) is 13.1. The van der Waals surface area contributed by atoms with Gasteiger partial charge in [-0.25, -0.2) is 17.7 Å². The molecule has 1 aromatic rings. The Morgan fingerprint density at radius 2 is 2.29 bits per heavy atom. The lowest BCUT2D eigenvalue weighted by Crippen LogP contribution is -2.44. The molecule has 0 unspecified atom stereocenters. The van der Waals surface area contributed by atoms with E-state index in [9.17, 15) is 13.2 Å². The molecular formula is C12H17ClN4O3S. The van der Waals surface area contributed by atoms with Crippen molar-refractivity contribution in [2.45, 2.75) is 18.9 Å².